The van der Waals surface area contributed by atoms with Crippen molar-refractivity contribution in [2.45, 2.75) is 86.0 Å². The third-order valence-electron chi connectivity index (χ3n) is 10.2. The minimum absolute atomic E-state index is 0.0781. The van der Waals surface area contributed by atoms with Crippen LogP contribution in [0.2, 0.25) is 0 Å². The molecule has 2 heterocycles. The fourth-order valence-electron chi connectivity index (χ4n) is 7.43. The number of hydrogen-bond acceptors (Lipinski definition) is 2. The first-order valence-corrected chi connectivity index (χ1v) is 17.3. The van der Waals surface area contributed by atoms with Gasteiger partial charge in [0.1, 0.15) is 32.7 Å². The maximum absolute atomic E-state index is 6.75. The van der Waals surface area contributed by atoms with Crippen molar-refractivity contribution < 1.29 is 13.9 Å². The van der Waals surface area contributed by atoms with Gasteiger partial charge in [0.05, 0.1) is 5.41 Å². The van der Waals surface area contributed by atoms with E-state index >= 15 is 0 Å². The minimum atomic E-state index is -0.0781. The molecule has 0 saturated heterocycles. The van der Waals surface area contributed by atoms with Crippen LogP contribution < -0.4 is 4.90 Å². The highest BCUT2D eigenvalue weighted by Gasteiger charge is 2.44. The van der Waals surface area contributed by atoms with Gasteiger partial charge in [-0.3, -0.25) is 0 Å². The van der Waals surface area contributed by atoms with Crippen LogP contribution in [0, 0.1) is 13.8 Å². The molecule has 2 aliphatic heterocycles. The molecule has 4 heteroatoms. The topological polar surface area (TPSA) is 18.5 Å². The Morgan fingerprint density at radius 1 is 0.957 bits per heavy atom. The molecule has 0 atom stereocenters. The van der Waals surface area contributed by atoms with Crippen molar-refractivity contribution in [3.05, 3.63) is 129 Å². The molecular weight excluding hydrogens is 574 g/mol. The first-order chi connectivity index (χ1) is 22.3. The molecule has 0 amide bonds. The second-order valence-corrected chi connectivity index (χ2v) is 14.3. The van der Waals surface area contributed by atoms with Crippen molar-refractivity contribution in [1.82, 2.24) is 0 Å². The van der Waals surface area contributed by atoms with E-state index in [0.29, 0.717) is 6.61 Å². The molecule has 0 N–H and O–H groups in total. The highest BCUT2D eigenvalue weighted by molar-refractivity contribution is 6.03. The van der Waals surface area contributed by atoms with Crippen LogP contribution in [0.3, 0.4) is 0 Å². The summed E-state index contributed by atoms with van der Waals surface area (Å²) in [6.07, 6.45) is 17.4. The van der Waals surface area contributed by atoms with Crippen molar-refractivity contribution in [2.24, 2.45) is 0 Å². The van der Waals surface area contributed by atoms with Gasteiger partial charge in [0.15, 0.2) is 11.9 Å². The zero-order valence-corrected chi connectivity index (χ0v) is 30.5. The standard InChI is InChI=1S/C43H55N3O/c1-12-32(25-26-44(10)11)29-47-41-33(19-23-39-42(6,7)35-27-30(4)15-21-37(35)45(39)13-2)17-18-34(41)20-24-40-43(8,9)36-28-31(5)16-22-38(36)46(40)14-3/h12,15-16,19-28H,10,13-14,17-18,29H2,1-9,11H3/q+2/b26-25-,32-12+. The van der Waals surface area contributed by atoms with Crippen molar-refractivity contribution in [3.63, 3.8) is 0 Å². The van der Waals surface area contributed by atoms with Gasteiger partial charge in [0, 0.05) is 47.1 Å². The lowest BCUT2D eigenvalue weighted by Gasteiger charge is -2.26. The number of aryl methyl sites for hydroxylation is 2. The van der Waals surface area contributed by atoms with E-state index in [1.54, 1.807) is 0 Å². The summed E-state index contributed by atoms with van der Waals surface area (Å²) in [7, 11) is 1.94. The second-order valence-electron chi connectivity index (χ2n) is 14.3. The number of allylic oxidation sites excluding steroid dienone is 8. The van der Waals surface area contributed by atoms with Gasteiger partial charge in [-0.05, 0) is 108 Å². The Labute approximate surface area is 284 Å². The van der Waals surface area contributed by atoms with Crippen LogP contribution in [0.5, 0.6) is 0 Å². The Kier molecular flexibility index (Phi) is 9.82. The zero-order chi connectivity index (χ0) is 34.1. The molecule has 0 saturated carbocycles. The fraction of sp³-hybridized carbons (Fsp3) is 0.395. The number of nitrogens with zero attached hydrogens (tertiary/aromatic N) is 3. The second kappa shape index (κ2) is 13.5. The van der Waals surface area contributed by atoms with Crippen LogP contribution in [0.15, 0.2) is 107 Å². The van der Waals surface area contributed by atoms with Gasteiger partial charge in [-0.25, -0.2) is 4.58 Å². The Morgan fingerprint density at radius 3 is 2.32 bits per heavy atom. The fourth-order valence-corrected chi connectivity index (χ4v) is 7.43. The van der Waals surface area contributed by atoms with Crippen molar-refractivity contribution >= 4 is 23.8 Å². The van der Waals surface area contributed by atoms with E-state index in [1.807, 2.05) is 17.8 Å². The van der Waals surface area contributed by atoms with Crippen LogP contribution in [0.4, 0.5) is 11.4 Å². The lowest BCUT2D eigenvalue weighted by molar-refractivity contribution is -0.433. The summed E-state index contributed by atoms with van der Waals surface area (Å²) < 4.78 is 11.0. The Balaban J connectivity index is 1.55. The predicted molar refractivity (Wildman–Crippen MR) is 201 cm³/mol. The van der Waals surface area contributed by atoms with Crippen molar-refractivity contribution in [1.29, 1.82) is 0 Å². The molecule has 0 unspecified atom stereocenters. The number of benzene rings is 2. The first kappa shape index (κ1) is 34.2. The molecular formula is C43H55N3O+2. The van der Waals surface area contributed by atoms with Crippen LogP contribution in [0.25, 0.3) is 0 Å². The van der Waals surface area contributed by atoms with E-state index < -0.39 is 0 Å². The largest absolute Gasteiger partial charge is 0.488 e. The molecule has 3 aliphatic rings. The summed E-state index contributed by atoms with van der Waals surface area (Å²) >= 11 is 0. The van der Waals surface area contributed by atoms with Crippen LogP contribution >= 0.6 is 0 Å². The first-order valence-electron chi connectivity index (χ1n) is 17.3. The van der Waals surface area contributed by atoms with E-state index in [0.717, 1.165) is 37.3 Å². The van der Waals surface area contributed by atoms with E-state index in [9.17, 15) is 0 Å². The third-order valence-corrected chi connectivity index (χ3v) is 10.2. The van der Waals surface area contributed by atoms with E-state index in [-0.39, 0.29) is 10.8 Å². The number of ether oxygens (including phenoxy) is 1. The summed E-state index contributed by atoms with van der Waals surface area (Å²) in [5, 5.41) is 0. The minimum Gasteiger partial charge on any atom is -0.488 e. The van der Waals surface area contributed by atoms with Crippen LogP contribution in [-0.2, 0) is 15.6 Å². The van der Waals surface area contributed by atoms with Crippen molar-refractivity contribution in [2.75, 3.05) is 31.6 Å². The summed E-state index contributed by atoms with van der Waals surface area (Å²) in [6.45, 7) is 26.7. The average Bonchev–Trinajstić information content (AvgIpc) is 3.59. The summed E-state index contributed by atoms with van der Waals surface area (Å²) in [4.78, 5) is 2.47. The lowest BCUT2D eigenvalue weighted by atomic mass is 9.80. The third kappa shape index (κ3) is 6.52. The quantitative estimate of drug-likeness (QED) is 0.148. The Morgan fingerprint density at radius 2 is 1.66 bits per heavy atom. The smallest absolute Gasteiger partial charge is 0.209 e. The van der Waals surface area contributed by atoms with Crippen LogP contribution in [0.1, 0.15) is 83.6 Å². The number of rotatable bonds is 10. The molecule has 0 fully saturated rings. The molecule has 246 valence electrons. The molecule has 47 heavy (non-hydrogen) atoms. The van der Waals surface area contributed by atoms with Gasteiger partial charge in [-0.15, -0.1) is 0 Å². The van der Waals surface area contributed by atoms with Gasteiger partial charge < -0.3 is 9.64 Å². The molecule has 5 rings (SSSR count). The van der Waals surface area contributed by atoms with Gasteiger partial charge in [0.2, 0.25) is 5.69 Å². The van der Waals surface area contributed by atoms with Crippen LogP contribution in [-0.4, -0.2) is 48.3 Å². The molecule has 0 bridgehead atoms. The lowest BCUT2D eigenvalue weighted by Crippen LogP contribution is -2.27. The maximum atomic E-state index is 6.75. The van der Waals surface area contributed by atoms with Crippen molar-refractivity contribution in [3.8, 4) is 0 Å². The highest BCUT2D eigenvalue weighted by Crippen LogP contribution is 2.48. The van der Waals surface area contributed by atoms with E-state index in [2.05, 4.69) is 151 Å². The molecule has 2 aromatic rings. The number of fused-ring (bicyclic) bond motifs is 2. The van der Waals surface area contributed by atoms with E-state index in [1.165, 1.54) is 56.2 Å². The van der Waals surface area contributed by atoms with Gasteiger partial charge >= 0.3 is 0 Å². The Bertz CT molecular complexity index is 1800. The number of likely N-dealkylation sites (N-methyl/N-ethyl adjacent to an activating group) is 1. The molecule has 0 aromatic heterocycles. The SMILES string of the molecule is C=[N+](C)/C=C\C(=C/C)COC1=C(/C=C/C2=[N+](CC)c3ccc(C)cc3C2(C)C)CC/C1=C\C=C1\N(CC)c2ccc(C)cc2C1(C)C. The molecule has 1 aliphatic carbocycles. The molecule has 4 nitrogen and oxygen atoms in total. The normalized spacial score (nSPS) is 20.5. The zero-order valence-electron chi connectivity index (χ0n) is 30.5. The van der Waals surface area contributed by atoms with E-state index in [4.69, 9.17) is 4.74 Å². The maximum Gasteiger partial charge on any atom is 0.209 e. The summed E-state index contributed by atoms with van der Waals surface area (Å²) in [6, 6.07) is 13.7. The molecule has 0 spiro atoms. The van der Waals surface area contributed by atoms with Gasteiger partial charge in [-0.1, -0.05) is 55.3 Å². The molecule has 0 radical (unpaired) electrons. The molecule has 2 aromatic carbocycles. The van der Waals surface area contributed by atoms with Gasteiger partial charge in [-0.2, -0.15) is 4.58 Å². The Hall–Kier alpha value is -4.18. The summed E-state index contributed by atoms with van der Waals surface area (Å²) in [5.74, 6) is 1.01. The predicted octanol–water partition coefficient (Wildman–Crippen LogP) is 9.75. The number of anilines is 1. The average molecular weight is 630 g/mol. The summed E-state index contributed by atoms with van der Waals surface area (Å²) in [5.41, 5.74) is 14.2. The number of hydrogen-bond donors (Lipinski definition) is 0. The van der Waals surface area contributed by atoms with Gasteiger partial charge in [0.25, 0.3) is 0 Å². The highest BCUT2D eigenvalue weighted by atomic mass is 16.5. The monoisotopic (exact) mass is 629 g/mol.